The fraction of sp³-hybridized carbons (Fsp3) is 1.00. The van der Waals surface area contributed by atoms with Crippen molar-refractivity contribution >= 4 is 0 Å². The third kappa shape index (κ3) is 6.05. The first kappa shape index (κ1) is 9.92. The number of hydrogen-bond donors (Lipinski definition) is 1. The van der Waals surface area contributed by atoms with Gasteiger partial charge in [-0.3, -0.25) is 0 Å². The second-order valence-corrected chi connectivity index (χ2v) is 3.10. The third-order valence-electron chi connectivity index (χ3n) is 1.39. The van der Waals surface area contributed by atoms with E-state index in [1.54, 1.807) is 7.11 Å². The molecule has 0 saturated carbocycles. The summed E-state index contributed by atoms with van der Waals surface area (Å²) in [6.07, 6.45) is 0.332. The minimum Gasteiger partial charge on any atom is -0.380 e. The second-order valence-electron chi connectivity index (χ2n) is 3.10. The van der Waals surface area contributed by atoms with Gasteiger partial charge in [0.05, 0.1) is 6.10 Å². The van der Waals surface area contributed by atoms with Gasteiger partial charge >= 0.3 is 0 Å². The molecule has 0 bridgehead atoms. The lowest BCUT2D eigenvalue weighted by Gasteiger charge is -2.11. The number of nitrogens with one attached hydrogen (secondary N) is 1. The number of hydrogen-bond acceptors (Lipinski definition) is 2. The van der Waals surface area contributed by atoms with Crippen LogP contribution < -0.4 is 5.32 Å². The molecule has 0 saturated heterocycles. The Labute approximate surface area is 65.4 Å². The third-order valence-corrected chi connectivity index (χ3v) is 1.39. The zero-order valence-electron chi connectivity index (χ0n) is 7.48. The van der Waals surface area contributed by atoms with Crippen LogP contribution in [0.4, 0.5) is 0 Å². The first-order chi connectivity index (χ1) is 4.66. The van der Waals surface area contributed by atoms with Gasteiger partial charge in [-0.15, -0.1) is 0 Å². The van der Waals surface area contributed by atoms with Gasteiger partial charge in [-0.25, -0.2) is 0 Å². The van der Waals surface area contributed by atoms with E-state index in [0.29, 0.717) is 6.10 Å². The average Bonchev–Trinajstić information content (AvgIpc) is 1.87. The molecule has 1 N–H and O–H groups in total. The molecule has 1 atom stereocenters. The van der Waals surface area contributed by atoms with E-state index in [1.807, 2.05) is 0 Å². The SMILES string of the molecule is CO[C@@H](C)CNCC(C)C.[HH]. The van der Waals surface area contributed by atoms with Crippen molar-refractivity contribution in [2.75, 3.05) is 20.2 Å². The summed E-state index contributed by atoms with van der Waals surface area (Å²) in [5.74, 6) is 0.726. The van der Waals surface area contributed by atoms with Crippen LogP contribution in [0.2, 0.25) is 0 Å². The Morgan fingerprint density at radius 2 is 1.90 bits per heavy atom. The van der Waals surface area contributed by atoms with Gasteiger partial charge in [0.15, 0.2) is 0 Å². The van der Waals surface area contributed by atoms with Crippen LogP contribution in [-0.4, -0.2) is 26.3 Å². The van der Waals surface area contributed by atoms with Crippen LogP contribution in [0.25, 0.3) is 0 Å². The summed E-state index contributed by atoms with van der Waals surface area (Å²) in [6, 6.07) is 0. The van der Waals surface area contributed by atoms with E-state index in [0.717, 1.165) is 19.0 Å². The van der Waals surface area contributed by atoms with Gasteiger partial charge in [0.1, 0.15) is 0 Å². The van der Waals surface area contributed by atoms with Crippen LogP contribution in [0.3, 0.4) is 0 Å². The van der Waals surface area contributed by atoms with Gasteiger partial charge in [0.25, 0.3) is 0 Å². The maximum absolute atomic E-state index is 5.07. The van der Waals surface area contributed by atoms with E-state index in [1.165, 1.54) is 0 Å². The molecule has 0 aromatic heterocycles. The van der Waals surface area contributed by atoms with Crippen molar-refractivity contribution in [2.24, 2.45) is 5.92 Å². The molecule has 0 rings (SSSR count). The summed E-state index contributed by atoms with van der Waals surface area (Å²) in [5, 5.41) is 3.31. The molecule has 0 radical (unpaired) electrons. The Morgan fingerprint density at radius 1 is 1.30 bits per heavy atom. The minimum atomic E-state index is 0. The zero-order chi connectivity index (χ0) is 7.98. The highest BCUT2D eigenvalue weighted by Crippen LogP contribution is 1.88. The lowest BCUT2D eigenvalue weighted by Crippen LogP contribution is -2.28. The highest BCUT2D eigenvalue weighted by molar-refractivity contribution is 4.55. The van der Waals surface area contributed by atoms with Gasteiger partial charge in [-0.1, -0.05) is 13.8 Å². The van der Waals surface area contributed by atoms with Crippen LogP contribution >= 0.6 is 0 Å². The molecule has 0 aromatic carbocycles. The Morgan fingerprint density at radius 3 is 2.30 bits per heavy atom. The zero-order valence-corrected chi connectivity index (χ0v) is 7.48. The summed E-state index contributed by atoms with van der Waals surface area (Å²) in [7, 11) is 1.74. The summed E-state index contributed by atoms with van der Waals surface area (Å²) in [5.41, 5.74) is 0. The maximum atomic E-state index is 5.07. The van der Waals surface area contributed by atoms with Crippen molar-refractivity contribution in [1.82, 2.24) is 5.32 Å². The predicted octanol–water partition coefficient (Wildman–Crippen LogP) is 1.51. The standard InChI is InChI=1S/C8H19NO.H2/c1-7(2)5-9-6-8(3)10-4;/h7-9H,5-6H2,1-4H3;1H/t8-;/m0./s1. The van der Waals surface area contributed by atoms with Gasteiger partial charge in [-0.05, 0) is 19.4 Å². The molecular weight excluding hydrogens is 126 g/mol. The maximum Gasteiger partial charge on any atom is 0.0667 e. The van der Waals surface area contributed by atoms with E-state index < -0.39 is 0 Å². The predicted molar refractivity (Wildman–Crippen MR) is 46.3 cm³/mol. The highest BCUT2D eigenvalue weighted by atomic mass is 16.5. The van der Waals surface area contributed by atoms with Crippen LogP contribution in [0, 0.1) is 5.92 Å². The smallest absolute Gasteiger partial charge is 0.0667 e. The molecule has 0 unspecified atom stereocenters. The largest absolute Gasteiger partial charge is 0.380 e. The van der Waals surface area contributed by atoms with Crippen LogP contribution in [-0.2, 0) is 4.74 Å². The summed E-state index contributed by atoms with van der Waals surface area (Å²) >= 11 is 0. The lowest BCUT2D eigenvalue weighted by molar-refractivity contribution is 0.116. The van der Waals surface area contributed by atoms with Crippen molar-refractivity contribution in [1.29, 1.82) is 0 Å². The molecular formula is C8H21NO. The average molecular weight is 147 g/mol. The van der Waals surface area contributed by atoms with Crippen LogP contribution in [0.1, 0.15) is 22.2 Å². The molecule has 2 nitrogen and oxygen atoms in total. The topological polar surface area (TPSA) is 21.3 Å². The molecule has 0 aliphatic heterocycles. The van der Waals surface area contributed by atoms with E-state index in [9.17, 15) is 0 Å². The molecule has 0 aliphatic carbocycles. The van der Waals surface area contributed by atoms with Crippen LogP contribution in [0.5, 0.6) is 0 Å². The molecule has 10 heavy (non-hydrogen) atoms. The molecule has 0 aromatic rings. The Balaban J connectivity index is 0. The lowest BCUT2D eigenvalue weighted by atomic mass is 10.2. The summed E-state index contributed by atoms with van der Waals surface area (Å²) in [6.45, 7) is 8.49. The van der Waals surface area contributed by atoms with Gasteiger partial charge in [0, 0.05) is 15.1 Å². The van der Waals surface area contributed by atoms with Crippen LogP contribution in [0.15, 0.2) is 0 Å². The van der Waals surface area contributed by atoms with Gasteiger partial charge < -0.3 is 10.1 Å². The molecule has 0 amide bonds. The van der Waals surface area contributed by atoms with Crippen molar-refractivity contribution in [3.05, 3.63) is 0 Å². The Kier molecular flexibility index (Phi) is 5.64. The number of ether oxygens (including phenoxy) is 1. The molecule has 2 heteroatoms. The van der Waals surface area contributed by atoms with Crippen molar-refractivity contribution in [2.45, 2.75) is 26.9 Å². The first-order valence-electron chi connectivity index (χ1n) is 3.90. The van der Waals surface area contributed by atoms with E-state index in [2.05, 4.69) is 26.1 Å². The quantitative estimate of drug-likeness (QED) is 0.636. The first-order valence-corrected chi connectivity index (χ1v) is 3.90. The Bertz CT molecular complexity index is 78.5. The molecule has 64 valence electrons. The second kappa shape index (κ2) is 5.69. The summed E-state index contributed by atoms with van der Waals surface area (Å²) < 4.78 is 5.07. The molecule has 0 fully saturated rings. The number of rotatable bonds is 5. The fourth-order valence-corrected chi connectivity index (χ4v) is 0.659. The van der Waals surface area contributed by atoms with Crippen molar-refractivity contribution in [3.8, 4) is 0 Å². The minimum absolute atomic E-state index is 0. The molecule has 0 aliphatic rings. The Hall–Kier alpha value is -0.0800. The van der Waals surface area contributed by atoms with E-state index in [4.69, 9.17) is 4.74 Å². The van der Waals surface area contributed by atoms with Gasteiger partial charge in [-0.2, -0.15) is 0 Å². The normalized spacial score (nSPS) is 14.1. The monoisotopic (exact) mass is 147 g/mol. The van der Waals surface area contributed by atoms with E-state index >= 15 is 0 Å². The molecule has 0 heterocycles. The van der Waals surface area contributed by atoms with Crippen molar-refractivity contribution < 1.29 is 6.16 Å². The molecule has 0 spiro atoms. The fourth-order valence-electron chi connectivity index (χ4n) is 0.659. The highest BCUT2D eigenvalue weighted by Gasteiger charge is 1.98. The van der Waals surface area contributed by atoms with E-state index in [-0.39, 0.29) is 1.43 Å². The van der Waals surface area contributed by atoms with Crippen molar-refractivity contribution in [3.63, 3.8) is 0 Å². The number of methoxy groups -OCH3 is 1. The summed E-state index contributed by atoms with van der Waals surface area (Å²) in [4.78, 5) is 0. The van der Waals surface area contributed by atoms with Gasteiger partial charge in [0.2, 0.25) is 0 Å².